The number of nitrogens with one attached hydrogen (secondary N) is 3. The number of aliphatic hydroxyl groups excluding tert-OH is 1. The van der Waals surface area contributed by atoms with Crippen LogP contribution < -0.4 is 15.4 Å². The fourth-order valence-electron chi connectivity index (χ4n) is 2.84. The normalized spacial score (nSPS) is 14.1. The first kappa shape index (κ1) is 26.0. The van der Waals surface area contributed by atoms with E-state index in [0.29, 0.717) is 18.2 Å². The molecular formula is C21H18F5N4O4S+. The number of rotatable bonds is 7. The molecule has 0 aliphatic rings. The molecule has 186 valence electrons. The van der Waals surface area contributed by atoms with Gasteiger partial charge in [0, 0.05) is 0 Å². The van der Waals surface area contributed by atoms with Crippen molar-refractivity contribution in [3.05, 3.63) is 77.5 Å². The van der Waals surface area contributed by atoms with Gasteiger partial charge < -0.3 is 15.7 Å². The van der Waals surface area contributed by atoms with Gasteiger partial charge >= 0.3 is 16.6 Å². The monoisotopic (exact) mass is 517 g/mol. The van der Waals surface area contributed by atoms with E-state index in [0.717, 1.165) is 24.4 Å². The first-order valence-corrected chi connectivity index (χ1v) is 11.2. The average molecular weight is 517 g/mol. The molecule has 0 bridgehead atoms. The summed E-state index contributed by atoms with van der Waals surface area (Å²) in [7, 11) is -4.33. The number of hydrogen-bond donors (Lipinski definition) is 5. The highest BCUT2D eigenvalue weighted by atomic mass is 32.3. The standard InChI is InChI=1S/C21H17F5N4O4S/c1-11(31)28-17-9-4-13(10-27-17)29-20(32)18-15(22)7-8-16(19(18)23)30-35(33,34)14-5-2-12(3-6-14)21(24,25)26/h2-11,31H,1H3,(H3-,27,28,29,30,32,33,34)/p+1. The highest BCUT2D eigenvalue weighted by Crippen LogP contribution is 2.31. The maximum absolute atomic E-state index is 15.0. The molecule has 1 aromatic heterocycles. The van der Waals surface area contributed by atoms with Crippen LogP contribution in [0.2, 0.25) is 0 Å². The molecule has 8 nitrogen and oxygen atoms in total. The molecule has 0 aliphatic carbocycles. The SMILES string of the molecule is CC(O)Nc1ccc(NC(=O)c2c(F)ccc(N[S+](=O)(O)c3ccc(C(F)(F)F)cc3)c2F)cn1. The molecule has 0 spiro atoms. The summed E-state index contributed by atoms with van der Waals surface area (Å²) in [5.74, 6) is -3.75. The van der Waals surface area contributed by atoms with E-state index in [1.54, 1.807) is 0 Å². The number of carbonyl (C=O) groups is 1. The molecule has 0 fully saturated rings. The van der Waals surface area contributed by atoms with E-state index < -0.39 is 62.1 Å². The van der Waals surface area contributed by atoms with Crippen LogP contribution in [0, 0.1) is 11.6 Å². The van der Waals surface area contributed by atoms with Gasteiger partial charge in [0.15, 0.2) is 5.82 Å². The summed E-state index contributed by atoms with van der Waals surface area (Å²) >= 11 is 0. The minimum Gasteiger partial charge on any atom is -0.374 e. The number of alkyl halides is 3. The fourth-order valence-corrected chi connectivity index (χ4v) is 3.92. The van der Waals surface area contributed by atoms with E-state index in [1.165, 1.54) is 19.1 Å². The lowest BCUT2D eigenvalue weighted by Crippen LogP contribution is -2.23. The number of aromatic nitrogens is 1. The fraction of sp³-hybridized carbons (Fsp3) is 0.143. The van der Waals surface area contributed by atoms with Crippen LogP contribution >= 0.6 is 0 Å². The van der Waals surface area contributed by atoms with Crippen LogP contribution in [-0.2, 0) is 20.8 Å². The van der Waals surface area contributed by atoms with Crippen molar-refractivity contribution in [1.82, 2.24) is 4.98 Å². The van der Waals surface area contributed by atoms with Crippen molar-refractivity contribution in [2.24, 2.45) is 0 Å². The van der Waals surface area contributed by atoms with Crippen LogP contribution in [0.5, 0.6) is 0 Å². The average Bonchev–Trinajstić information content (AvgIpc) is 2.76. The van der Waals surface area contributed by atoms with Gasteiger partial charge in [-0.2, -0.15) is 22.4 Å². The van der Waals surface area contributed by atoms with Crippen LogP contribution in [-0.4, -0.2) is 26.8 Å². The number of anilines is 3. The predicted octanol–water partition coefficient (Wildman–Crippen LogP) is 4.74. The van der Waals surface area contributed by atoms with Gasteiger partial charge in [-0.05, 0) is 59.7 Å². The molecule has 35 heavy (non-hydrogen) atoms. The number of pyridine rings is 1. The largest absolute Gasteiger partial charge is 0.416 e. The topological polar surface area (TPSA) is 124 Å². The van der Waals surface area contributed by atoms with Crippen LogP contribution in [0.4, 0.5) is 39.1 Å². The van der Waals surface area contributed by atoms with E-state index in [1.807, 2.05) is 4.72 Å². The van der Waals surface area contributed by atoms with Gasteiger partial charge in [0.05, 0.1) is 17.4 Å². The molecule has 5 N–H and O–H groups in total. The van der Waals surface area contributed by atoms with Gasteiger partial charge in [-0.15, -0.1) is 0 Å². The molecule has 0 saturated heterocycles. The summed E-state index contributed by atoms with van der Waals surface area (Å²) < 4.78 is 92.1. The van der Waals surface area contributed by atoms with E-state index in [2.05, 4.69) is 15.6 Å². The third-order valence-electron chi connectivity index (χ3n) is 4.45. The highest BCUT2D eigenvalue weighted by molar-refractivity contribution is 7.99. The van der Waals surface area contributed by atoms with Gasteiger partial charge in [0.2, 0.25) is 4.90 Å². The van der Waals surface area contributed by atoms with Crippen molar-refractivity contribution in [2.75, 3.05) is 15.4 Å². The van der Waals surface area contributed by atoms with Gasteiger partial charge in [-0.25, -0.2) is 13.8 Å². The Hall–Kier alpha value is -3.62. The Bertz CT molecular complexity index is 1270. The smallest absolute Gasteiger partial charge is 0.374 e. The number of halogens is 5. The lowest BCUT2D eigenvalue weighted by atomic mass is 10.1. The maximum Gasteiger partial charge on any atom is 0.416 e. The van der Waals surface area contributed by atoms with Crippen LogP contribution in [0.25, 0.3) is 0 Å². The van der Waals surface area contributed by atoms with E-state index in [-0.39, 0.29) is 11.5 Å². The van der Waals surface area contributed by atoms with Crippen LogP contribution in [0.3, 0.4) is 0 Å². The first-order chi connectivity index (χ1) is 16.3. The Morgan fingerprint density at radius 3 is 2.26 bits per heavy atom. The number of amides is 1. The van der Waals surface area contributed by atoms with E-state index in [9.17, 15) is 40.6 Å². The third-order valence-corrected chi connectivity index (χ3v) is 5.85. The zero-order valence-electron chi connectivity index (χ0n) is 17.7. The summed E-state index contributed by atoms with van der Waals surface area (Å²) in [6, 6.07) is 6.78. The van der Waals surface area contributed by atoms with Gasteiger partial charge in [0.1, 0.15) is 29.1 Å². The van der Waals surface area contributed by atoms with Crippen molar-refractivity contribution in [3.63, 3.8) is 0 Å². The molecule has 1 amide bonds. The molecule has 3 aromatic rings. The minimum atomic E-state index is -4.67. The van der Waals surface area contributed by atoms with Crippen molar-refractivity contribution in [3.8, 4) is 0 Å². The molecular weight excluding hydrogens is 499 g/mol. The third kappa shape index (κ3) is 6.29. The van der Waals surface area contributed by atoms with Crippen molar-refractivity contribution < 1.29 is 40.6 Å². The second-order valence-electron chi connectivity index (χ2n) is 7.14. The summed E-state index contributed by atoms with van der Waals surface area (Å²) in [6.07, 6.45) is -4.41. The maximum atomic E-state index is 15.0. The molecule has 2 unspecified atom stereocenters. The van der Waals surface area contributed by atoms with Gasteiger partial charge in [0.25, 0.3) is 5.91 Å². The Balaban J connectivity index is 1.82. The Morgan fingerprint density at radius 1 is 1.06 bits per heavy atom. The summed E-state index contributed by atoms with van der Waals surface area (Å²) in [6.45, 7) is 1.45. The molecule has 0 radical (unpaired) electrons. The number of aliphatic hydroxyl groups is 1. The molecule has 1 heterocycles. The summed E-state index contributed by atoms with van der Waals surface area (Å²) in [5, 5.41) is 14.1. The van der Waals surface area contributed by atoms with Crippen molar-refractivity contribution >= 4 is 33.5 Å². The van der Waals surface area contributed by atoms with Crippen molar-refractivity contribution in [1.29, 1.82) is 0 Å². The Morgan fingerprint density at radius 2 is 1.71 bits per heavy atom. The molecule has 3 rings (SSSR count). The Labute approximate surface area is 196 Å². The number of hydrogen-bond acceptors (Lipinski definition) is 5. The first-order valence-electron chi connectivity index (χ1n) is 9.69. The quantitative estimate of drug-likeness (QED) is 0.175. The molecule has 0 saturated carbocycles. The molecule has 2 aromatic carbocycles. The molecule has 14 heteroatoms. The lowest BCUT2D eigenvalue weighted by Gasteiger charge is -2.12. The second kappa shape index (κ2) is 9.93. The van der Waals surface area contributed by atoms with E-state index >= 15 is 0 Å². The summed E-state index contributed by atoms with van der Waals surface area (Å²) in [4.78, 5) is 15.9. The zero-order valence-corrected chi connectivity index (χ0v) is 18.5. The Kier molecular flexibility index (Phi) is 7.38. The number of carbonyl (C=O) groups excluding carboxylic acids is 1. The zero-order chi connectivity index (χ0) is 26.0. The van der Waals surface area contributed by atoms with E-state index in [4.69, 9.17) is 0 Å². The van der Waals surface area contributed by atoms with Crippen LogP contribution in [0.15, 0.2) is 59.6 Å². The van der Waals surface area contributed by atoms with Crippen molar-refractivity contribution in [2.45, 2.75) is 24.2 Å². The number of nitrogens with zero attached hydrogens (tertiary/aromatic N) is 1. The second-order valence-corrected chi connectivity index (χ2v) is 8.87. The number of benzene rings is 2. The predicted molar refractivity (Wildman–Crippen MR) is 118 cm³/mol. The minimum absolute atomic E-state index is 0.0546. The molecule has 0 aliphatic heterocycles. The summed E-state index contributed by atoms with van der Waals surface area (Å²) in [5.41, 5.74) is -2.83. The van der Waals surface area contributed by atoms with Gasteiger partial charge in [-0.3, -0.25) is 4.79 Å². The lowest BCUT2D eigenvalue weighted by molar-refractivity contribution is -0.137. The van der Waals surface area contributed by atoms with Crippen LogP contribution in [0.1, 0.15) is 22.8 Å². The van der Waals surface area contributed by atoms with Gasteiger partial charge in [-0.1, -0.05) is 0 Å². The highest BCUT2D eigenvalue weighted by Gasteiger charge is 2.35. The molecule has 2 atom stereocenters.